The molecule has 0 aromatic heterocycles. The van der Waals surface area contributed by atoms with Gasteiger partial charge in [-0.15, -0.1) is 0 Å². The predicted molar refractivity (Wildman–Crippen MR) is 76.0 cm³/mol. The molecule has 3 atom stereocenters. The first-order valence-electron chi connectivity index (χ1n) is 6.94. The average molecular weight is 310 g/mol. The van der Waals surface area contributed by atoms with Crippen LogP contribution in [-0.4, -0.2) is 51.0 Å². The van der Waals surface area contributed by atoms with Crippen LogP contribution in [0, 0.1) is 5.92 Å². The highest BCUT2D eigenvalue weighted by Gasteiger charge is 2.47. The summed E-state index contributed by atoms with van der Waals surface area (Å²) in [5, 5.41) is 2.62. The Labute approximate surface area is 124 Å². The highest BCUT2D eigenvalue weighted by atomic mass is 32.2. The molecule has 0 spiro atoms. The van der Waals surface area contributed by atoms with Crippen LogP contribution in [0.2, 0.25) is 0 Å². The third kappa shape index (κ3) is 2.56. The fraction of sp³-hybridized carbons (Fsp3) is 0.500. The Bertz CT molecular complexity index is 632. The summed E-state index contributed by atoms with van der Waals surface area (Å²) < 4.78 is 32.4. The van der Waals surface area contributed by atoms with Gasteiger partial charge < -0.3 is 10.1 Å². The topological polar surface area (TPSA) is 75.7 Å². The van der Waals surface area contributed by atoms with Crippen LogP contribution in [0.5, 0.6) is 0 Å². The van der Waals surface area contributed by atoms with Gasteiger partial charge in [0, 0.05) is 20.1 Å². The fourth-order valence-corrected chi connectivity index (χ4v) is 4.53. The van der Waals surface area contributed by atoms with Crippen molar-refractivity contribution in [3.05, 3.63) is 30.3 Å². The molecule has 1 N–H and O–H groups in total. The van der Waals surface area contributed by atoms with Crippen molar-refractivity contribution in [1.82, 2.24) is 9.62 Å². The van der Waals surface area contributed by atoms with Crippen molar-refractivity contribution in [2.75, 3.05) is 20.1 Å². The number of nitrogens with zero attached hydrogens (tertiary/aromatic N) is 1. The van der Waals surface area contributed by atoms with Crippen molar-refractivity contribution < 1.29 is 17.9 Å². The van der Waals surface area contributed by atoms with Crippen LogP contribution in [-0.2, 0) is 19.6 Å². The molecule has 2 heterocycles. The monoisotopic (exact) mass is 310 g/mol. The molecule has 114 valence electrons. The lowest BCUT2D eigenvalue weighted by atomic mass is 10.00. The highest BCUT2D eigenvalue weighted by molar-refractivity contribution is 7.89. The van der Waals surface area contributed by atoms with Gasteiger partial charge in [-0.2, -0.15) is 4.31 Å². The molecule has 0 unspecified atom stereocenters. The average Bonchev–Trinajstić information content (AvgIpc) is 2.81. The lowest BCUT2D eigenvalue weighted by Crippen LogP contribution is -2.47. The van der Waals surface area contributed by atoms with Gasteiger partial charge in [-0.05, 0) is 18.6 Å². The standard InChI is InChI=1S/C14H18N2O4S/c1-15-14(17)12-7-10-8-16(9-13(12)20-10)21(18,19)11-5-3-2-4-6-11/h2-6,10,12-13H,7-9H2,1H3,(H,15,17)/t10-,12-,13+/m0/s1. The molecule has 2 aliphatic rings. The molecule has 2 bridgehead atoms. The number of morpholine rings is 1. The molecule has 0 saturated carbocycles. The Morgan fingerprint density at radius 3 is 2.67 bits per heavy atom. The number of nitrogens with one attached hydrogen (secondary N) is 1. The van der Waals surface area contributed by atoms with Crippen molar-refractivity contribution in [3.63, 3.8) is 0 Å². The number of amides is 1. The SMILES string of the molecule is CNC(=O)[C@H]1C[C@H]2CN(S(=O)(=O)c3ccccc3)C[C@H]1O2. The molecule has 21 heavy (non-hydrogen) atoms. The van der Waals surface area contributed by atoms with Gasteiger partial charge in [-0.1, -0.05) is 18.2 Å². The van der Waals surface area contributed by atoms with Crippen molar-refractivity contribution in [2.24, 2.45) is 5.92 Å². The normalized spacial score (nSPS) is 29.3. The zero-order chi connectivity index (χ0) is 15.0. The first-order chi connectivity index (χ1) is 10.0. The fourth-order valence-electron chi connectivity index (χ4n) is 3.02. The number of sulfonamides is 1. The third-order valence-corrected chi connectivity index (χ3v) is 5.93. The lowest BCUT2D eigenvalue weighted by molar-refractivity contribution is -0.126. The molecular weight excluding hydrogens is 292 g/mol. The quantitative estimate of drug-likeness (QED) is 0.866. The number of benzene rings is 1. The van der Waals surface area contributed by atoms with Gasteiger partial charge in [0.2, 0.25) is 15.9 Å². The summed E-state index contributed by atoms with van der Waals surface area (Å²) in [6.45, 7) is 0.535. The van der Waals surface area contributed by atoms with Crippen LogP contribution in [0.25, 0.3) is 0 Å². The molecule has 0 radical (unpaired) electrons. The van der Waals surface area contributed by atoms with Gasteiger partial charge in [0.15, 0.2) is 0 Å². The molecule has 2 saturated heterocycles. The number of rotatable bonds is 3. The van der Waals surface area contributed by atoms with Crippen LogP contribution >= 0.6 is 0 Å². The van der Waals surface area contributed by atoms with Crippen molar-refractivity contribution >= 4 is 15.9 Å². The Kier molecular flexibility index (Phi) is 3.73. The molecule has 7 heteroatoms. The van der Waals surface area contributed by atoms with E-state index in [1.807, 2.05) is 0 Å². The minimum absolute atomic E-state index is 0.0820. The Hall–Kier alpha value is -1.44. The zero-order valence-corrected chi connectivity index (χ0v) is 12.5. The third-order valence-electron chi connectivity index (χ3n) is 4.09. The summed E-state index contributed by atoms with van der Waals surface area (Å²) >= 11 is 0. The maximum absolute atomic E-state index is 12.6. The van der Waals surface area contributed by atoms with Crippen LogP contribution in [0.4, 0.5) is 0 Å². The summed E-state index contributed by atoms with van der Waals surface area (Å²) in [5.74, 6) is -0.350. The van der Waals surface area contributed by atoms with Crippen molar-refractivity contribution in [3.8, 4) is 0 Å². The second-order valence-electron chi connectivity index (χ2n) is 5.39. The smallest absolute Gasteiger partial charge is 0.243 e. The van der Waals surface area contributed by atoms with E-state index in [9.17, 15) is 13.2 Å². The predicted octanol–water partition coefficient (Wildman–Crippen LogP) is 0.211. The molecule has 1 aromatic carbocycles. The van der Waals surface area contributed by atoms with Gasteiger partial charge in [0.05, 0.1) is 23.0 Å². The largest absolute Gasteiger partial charge is 0.371 e. The second-order valence-corrected chi connectivity index (χ2v) is 7.33. The number of carbonyl (C=O) groups is 1. The van der Waals surface area contributed by atoms with E-state index in [0.717, 1.165) is 0 Å². The van der Waals surface area contributed by atoms with Crippen LogP contribution in [0.15, 0.2) is 35.2 Å². The van der Waals surface area contributed by atoms with E-state index < -0.39 is 10.0 Å². The Morgan fingerprint density at radius 1 is 1.29 bits per heavy atom. The molecule has 1 aromatic rings. The molecule has 1 amide bonds. The zero-order valence-electron chi connectivity index (χ0n) is 11.7. The van der Waals surface area contributed by atoms with E-state index in [1.165, 1.54) is 4.31 Å². The number of carbonyl (C=O) groups excluding carboxylic acids is 1. The maximum atomic E-state index is 12.6. The number of fused-ring (bicyclic) bond motifs is 2. The Morgan fingerprint density at radius 2 is 2.00 bits per heavy atom. The first kappa shape index (κ1) is 14.5. The minimum atomic E-state index is -3.52. The number of hydrogen-bond acceptors (Lipinski definition) is 4. The van der Waals surface area contributed by atoms with Gasteiger partial charge in [0.1, 0.15) is 0 Å². The van der Waals surface area contributed by atoms with Gasteiger partial charge >= 0.3 is 0 Å². The van der Waals surface area contributed by atoms with Crippen LogP contribution < -0.4 is 5.32 Å². The van der Waals surface area contributed by atoms with E-state index in [1.54, 1.807) is 37.4 Å². The van der Waals surface area contributed by atoms with E-state index >= 15 is 0 Å². The van der Waals surface area contributed by atoms with E-state index in [-0.39, 0.29) is 35.5 Å². The van der Waals surface area contributed by atoms with Crippen LogP contribution in [0.3, 0.4) is 0 Å². The molecule has 6 nitrogen and oxygen atoms in total. The maximum Gasteiger partial charge on any atom is 0.243 e. The molecule has 0 aliphatic carbocycles. The lowest BCUT2D eigenvalue weighted by Gasteiger charge is -2.31. The first-order valence-corrected chi connectivity index (χ1v) is 8.38. The van der Waals surface area contributed by atoms with Crippen LogP contribution in [0.1, 0.15) is 6.42 Å². The molecule has 2 aliphatic heterocycles. The second kappa shape index (κ2) is 5.40. The summed E-state index contributed by atoms with van der Waals surface area (Å²) in [4.78, 5) is 12.1. The van der Waals surface area contributed by atoms with E-state index in [0.29, 0.717) is 13.0 Å². The van der Waals surface area contributed by atoms with Crippen molar-refractivity contribution in [2.45, 2.75) is 23.5 Å². The van der Waals surface area contributed by atoms with Gasteiger partial charge in [-0.25, -0.2) is 8.42 Å². The van der Waals surface area contributed by atoms with Gasteiger partial charge in [-0.3, -0.25) is 4.79 Å². The number of ether oxygens (including phenoxy) is 1. The summed E-state index contributed by atoms with van der Waals surface area (Å²) in [6, 6.07) is 8.36. The van der Waals surface area contributed by atoms with E-state index in [4.69, 9.17) is 4.74 Å². The molecule has 3 rings (SSSR count). The number of hydrogen-bond donors (Lipinski definition) is 1. The highest BCUT2D eigenvalue weighted by Crippen LogP contribution is 2.34. The summed E-state index contributed by atoms with van der Waals surface area (Å²) in [7, 11) is -1.94. The molecule has 2 fully saturated rings. The summed E-state index contributed by atoms with van der Waals surface area (Å²) in [6.07, 6.45) is 0.0113. The minimum Gasteiger partial charge on any atom is -0.371 e. The Balaban J connectivity index is 1.82. The summed E-state index contributed by atoms with van der Waals surface area (Å²) in [5.41, 5.74) is 0. The van der Waals surface area contributed by atoms with Crippen molar-refractivity contribution in [1.29, 1.82) is 0 Å². The molecular formula is C14H18N2O4S. The van der Waals surface area contributed by atoms with E-state index in [2.05, 4.69) is 5.32 Å². The van der Waals surface area contributed by atoms with Gasteiger partial charge in [0.25, 0.3) is 0 Å².